The van der Waals surface area contributed by atoms with E-state index < -0.39 is 6.09 Å². The molecule has 1 fully saturated rings. The molecule has 1 unspecified atom stereocenters. The van der Waals surface area contributed by atoms with Gasteiger partial charge in [0.25, 0.3) is 0 Å². The van der Waals surface area contributed by atoms with Gasteiger partial charge in [-0.3, -0.25) is 0 Å². The van der Waals surface area contributed by atoms with Gasteiger partial charge in [0.15, 0.2) is 0 Å². The molecule has 5 nitrogen and oxygen atoms in total. The second-order valence-electron chi connectivity index (χ2n) is 3.28. The van der Waals surface area contributed by atoms with Crippen molar-refractivity contribution in [3.63, 3.8) is 0 Å². The van der Waals surface area contributed by atoms with Gasteiger partial charge in [-0.25, -0.2) is 4.79 Å². The van der Waals surface area contributed by atoms with Gasteiger partial charge in [0.2, 0.25) is 0 Å². The number of piperidine rings is 1. The molecule has 1 heterocycles. The number of aliphatic hydroxyl groups is 1. The van der Waals surface area contributed by atoms with Gasteiger partial charge in [-0.15, -0.1) is 0 Å². The number of amides is 1. The second-order valence-corrected chi connectivity index (χ2v) is 3.28. The zero-order chi connectivity index (χ0) is 10.6. The highest BCUT2D eigenvalue weighted by molar-refractivity contribution is 5.65. The molecule has 1 aliphatic heterocycles. The number of carbonyl (C=O) groups is 1. The van der Waals surface area contributed by atoms with Gasteiger partial charge in [-0.05, 0) is 18.4 Å². The standard InChI is InChI=1S/C9H15NO4/c1-14-6-7-2-3-10(9(12)13)8(4-7)5-11/h6,8,11H,2-5H2,1H3,(H,12,13)/b7-6-. The van der Waals surface area contributed by atoms with Crippen molar-refractivity contribution in [3.05, 3.63) is 11.8 Å². The van der Waals surface area contributed by atoms with Gasteiger partial charge >= 0.3 is 6.09 Å². The van der Waals surface area contributed by atoms with Crippen LogP contribution in [0.3, 0.4) is 0 Å². The monoisotopic (exact) mass is 201 g/mol. The second kappa shape index (κ2) is 4.85. The third-order valence-corrected chi connectivity index (χ3v) is 2.35. The summed E-state index contributed by atoms with van der Waals surface area (Å²) in [6.45, 7) is 0.281. The molecule has 1 atom stereocenters. The fourth-order valence-corrected chi connectivity index (χ4v) is 1.65. The van der Waals surface area contributed by atoms with Crippen LogP contribution in [0.4, 0.5) is 4.79 Å². The van der Waals surface area contributed by atoms with E-state index in [1.54, 1.807) is 13.4 Å². The average molecular weight is 201 g/mol. The molecular formula is C9H15NO4. The van der Waals surface area contributed by atoms with E-state index in [9.17, 15) is 4.79 Å². The summed E-state index contributed by atoms with van der Waals surface area (Å²) in [5, 5.41) is 17.8. The molecule has 1 amide bonds. The number of nitrogens with zero attached hydrogens (tertiary/aromatic N) is 1. The van der Waals surface area contributed by atoms with Crippen molar-refractivity contribution in [1.29, 1.82) is 0 Å². The molecule has 1 saturated heterocycles. The van der Waals surface area contributed by atoms with E-state index in [4.69, 9.17) is 14.9 Å². The zero-order valence-corrected chi connectivity index (χ0v) is 8.14. The Labute approximate surface area is 82.6 Å². The lowest BCUT2D eigenvalue weighted by Crippen LogP contribution is -2.45. The summed E-state index contributed by atoms with van der Waals surface area (Å²) >= 11 is 0. The maximum atomic E-state index is 10.8. The Morgan fingerprint density at radius 2 is 2.50 bits per heavy atom. The molecule has 80 valence electrons. The highest BCUT2D eigenvalue weighted by atomic mass is 16.5. The molecule has 14 heavy (non-hydrogen) atoms. The number of methoxy groups -OCH3 is 1. The predicted molar refractivity (Wildman–Crippen MR) is 49.9 cm³/mol. The molecule has 2 N–H and O–H groups in total. The van der Waals surface area contributed by atoms with E-state index in [0.29, 0.717) is 19.4 Å². The fourth-order valence-electron chi connectivity index (χ4n) is 1.65. The summed E-state index contributed by atoms with van der Waals surface area (Å²) in [4.78, 5) is 12.0. The van der Waals surface area contributed by atoms with E-state index in [1.165, 1.54) is 4.90 Å². The largest absolute Gasteiger partial charge is 0.504 e. The number of carboxylic acid groups (broad SMARTS) is 1. The van der Waals surface area contributed by atoms with Crippen LogP contribution in [0.25, 0.3) is 0 Å². The first-order valence-electron chi connectivity index (χ1n) is 4.50. The molecule has 0 aromatic carbocycles. The maximum Gasteiger partial charge on any atom is 0.407 e. The van der Waals surface area contributed by atoms with Crippen LogP contribution in [0.15, 0.2) is 11.8 Å². The number of hydrogen-bond donors (Lipinski definition) is 2. The van der Waals surface area contributed by atoms with Crippen LogP contribution in [0.2, 0.25) is 0 Å². The molecule has 0 radical (unpaired) electrons. The number of rotatable bonds is 2. The van der Waals surface area contributed by atoms with E-state index in [0.717, 1.165) is 5.57 Å². The van der Waals surface area contributed by atoms with Crippen molar-refractivity contribution in [2.45, 2.75) is 18.9 Å². The summed E-state index contributed by atoms with van der Waals surface area (Å²) < 4.78 is 4.86. The van der Waals surface area contributed by atoms with E-state index in [-0.39, 0.29) is 12.6 Å². The van der Waals surface area contributed by atoms with Crippen LogP contribution in [0, 0.1) is 0 Å². The van der Waals surface area contributed by atoms with E-state index >= 15 is 0 Å². The van der Waals surface area contributed by atoms with Crippen molar-refractivity contribution in [2.75, 3.05) is 20.3 Å². The van der Waals surface area contributed by atoms with Crippen LogP contribution >= 0.6 is 0 Å². The SMILES string of the molecule is CO/C=C1/CCN(C(=O)O)C(CO)C1. The van der Waals surface area contributed by atoms with Crippen LogP contribution < -0.4 is 0 Å². The van der Waals surface area contributed by atoms with E-state index in [2.05, 4.69) is 0 Å². The Bertz CT molecular complexity index is 239. The molecule has 1 rings (SSSR count). The van der Waals surface area contributed by atoms with Gasteiger partial charge in [0.05, 0.1) is 26.0 Å². The lowest BCUT2D eigenvalue weighted by Gasteiger charge is -2.33. The van der Waals surface area contributed by atoms with Crippen LogP contribution in [0.1, 0.15) is 12.8 Å². The Kier molecular flexibility index (Phi) is 3.76. The number of aliphatic hydroxyl groups excluding tert-OH is 1. The van der Waals surface area contributed by atoms with Gasteiger partial charge in [-0.2, -0.15) is 0 Å². The average Bonchev–Trinajstić information content (AvgIpc) is 2.17. The Hall–Kier alpha value is -1.23. The third kappa shape index (κ3) is 2.38. The molecule has 1 aliphatic rings. The smallest absolute Gasteiger partial charge is 0.407 e. The molecule has 0 spiro atoms. The van der Waals surface area contributed by atoms with Crippen molar-refractivity contribution < 1.29 is 19.7 Å². The first-order valence-corrected chi connectivity index (χ1v) is 4.50. The van der Waals surface area contributed by atoms with E-state index in [1.807, 2.05) is 0 Å². The highest BCUT2D eigenvalue weighted by Gasteiger charge is 2.27. The maximum absolute atomic E-state index is 10.8. The molecule has 0 saturated carbocycles. The van der Waals surface area contributed by atoms with Gasteiger partial charge < -0.3 is 19.8 Å². The molecule has 0 bridgehead atoms. The molecule has 5 heteroatoms. The predicted octanol–water partition coefficient (Wildman–Crippen LogP) is 0.651. The van der Waals surface area contributed by atoms with Crippen molar-refractivity contribution in [2.24, 2.45) is 0 Å². The summed E-state index contributed by atoms with van der Waals surface area (Å²) in [5.41, 5.74) is 1.05. The third-order valence-electron chi connectivity index (χ3n) is 2.35. The molecule has 0 aliphatic carbocycles. The minimum atomic E-state index is -0.972. The first kappa shape index (κ1) is 10.8. The molecule has 0 aromatic rings. The topological polar surface area (TPSA) is 70.0 Å². The van der Waals surface area contributed by atoms with Crippen LogP contribution in [0.5, 0.6) is 0 Å². The minimum absolute atomic E-state index is 0.145. The molecule has 0 aromatic heterocycles. The Morgan fingerprint density at radius 1 is 1.79 bits per heavy atom. The quantitative estimate of drug-likeness (QED) is 0.643. The number of ether oxygens (including phenoxy) is 1. The minimum Gasteiger partial charge on any atom is -0.504 e. The fraction of sp³-hybridized carbons (Fsp3) is 0.667. The van der Waals surface area contributed by atoms with Crippen molar-refractivity contribution in [1.82, 2.24) is 4.90 Å². The molecular weight excluding hydrogens is 186 g/mol. The Balaban J connectivity index is 2.63. The summed E-state index contributed by atoms with van der Waals surface area (Å²) in [6, 6.07) is -0.331. The number of likely N-dealkylation sites (tertiary alicyclic amines) is 1. The lowest BCUT2D eigenvalue weighted by molar-refractivity contribution is 0.0879. The van der Waals surface area contributed by atoms with Gasteiger partial charge in [0, 0.05) is 6.54 Å². The van der Waals surface area contributed by atoms with Gasteiger partial charge in [0.1, 0.15) is 0 Å². The normalized spacial score (nSPS) is 25.1. The van der Waals surface area contributed by atoms with Crippen molar-refractivity contribution in [3.8, 4) is 0 Å². The summed E-state index contributed by atoms with van der Waals surface area (Å²) in [5.74, 6) is 0. The Morgan fingerprint density at radius 3 is 3.00 bits per heavy atom. The number of hydrogen-bond acceptors (Lipinski definition) is 3. The summed E-state index contributed by atoms with van der Waals surface area (Å²) in [6.07, 6.45) is 1.88. The van der Waals surface area contributed by atoms with Crippen LogP contribution in [-0.4, -0.2) is 47.5 Å². The lowest BCUT2D eigenvalue weighted by atomic mass is 9.98. The highest BCUT2D eigenvalue weighted by Crippen LogP contribution is 2.21. The van der Waals surface area contributed by atoms with Crippen molar-refractivity contribution >= 4 is 6.09 Å². The zero-order valence-electron chi connectivity index (χ0n) is 8.14. The first-order chi connectivity index (χ1) is 6.69. The summed E-state index contributed by atoms with van der Waals surface area (Å²) in [7, 11) is 1.56. The van der Waals surface area contributed by atoms with Crippen LogP contribution in [-0.2, 0) is 4.74 Å². The van der Waals surface area contributed by atoms with Gasteiger partial charge in [-0.1, -0.05) is 0 Å².